The van der Waals surface area contributed by atoms with Gasteiger partial charge < -0.3 is 10.1 Å². The molecule has 0 spiro atoms. The van der Waals surface area contributed by atoms with E-state index in [0.717, 1.165) is 11.4 Å². The first-order valence-electron chi connectivity index (χ1n) is 10.8. The van der Waals surface area contributed by atoms with Crippen molar-refractivity contribution in [2.24, 2.45) is 0 Å². The fraction of sp³-hybridized carbons (Fsp3) is 0.280. The number of benzene rings is 2. The maximum absolute atomic E-state index is 12.5. The molecular formula is C25H28N4O3S. The van der Waals surface area contributed by atoms with Crippen LogP contribution in [0.5, 0.6) is 0 Å². The molecule has 33 heavy (non-hydrogen) atoms. The maximum atomic E-state index is 12.5. The normalized spacial score (nSPS) is 10.8. The number of hydrogen-bond acceptors (Lipinski definition) is 6. The maximum Gasteiger partial charge on any atom is 0.338 e. The summed E-state index contributed by atoms with van der Waals surface area (Å²) in [7, 11) is 0. The highest BCUT2D eigenvalue weighted by Crippen LogP contribution is 2.26. The van der Waals surface area contributed by atoms with Crippen molar-refractivity contribution in [3.63, 3.8) is 0 Å². The minimum absolute atomic E-state index is 0.168. The van der Waals surface area contributed by atoms with Crippen molar-refractivity contribution >= 4 is 29.3 Å². The number of esters is 1. The Bertz CT molecular complexity index is 1110. The van der Waals surface area contributed by atoms with Crippen LogP contribution in [0.25, 0.3) is 11.4 Å². The van der Waals surface area contributed by atoms with Gasteiger partial charge in [0.25, 0.3) is 0 Å². The monoisotopic (exact) mass is 464 g/mol. The summed E-state index contributed by atoms with van der Waals surface area (Å²) in [6.07, 6.45) is 1.78. The first-order valence-corrected chi connectivity index (χ1v) is 11.8. The summed E-state index contributed by atoms with van der Waals surface area (Å²) in [4.78, 5) is 24.2. The van der Waals surface area contributed by atoms with Crippen LogP contribution < -0.4 is 5.32 Å². The lowest BCUT2D eigenvalue weighted by atomic mass is 10.0. The summed E-state index contributed by atoms with van der Waals surface area (Å²) in [6, 6.07) is 14.9. The van der Waals surface area contributed by atoms with Crippen molar-refractivity contribution < 1.29 is 14.3 Å². The van der Waals surface area contributed by atoms with Crippen LogP contribution in [0.15, 0.2) is 66.3 Å². The lowest BCUT2D eigenvalue weighted by molar-refractivity contribution is -0.113. The molecule has 0 saturated heterocycles. The Morgan fingerprint density at radius 1 is 1.12 bits per heavy atom. The molecule has 0 radical (unpaired) electrons. The molecule has 3 rings (SSSR count). The molecule has 2 aromatic carbocycles. The molecule has 7 nitrogen and oxygen atoms in total. The minimum atomic E-state index is -0.387. The van der Waals surface area contributed by atoms with Gasteiger partial charge in [0.1, 0.15) is 0 Å². The van der Waals surface area contributed by atoms with Gasteiger partial charge in [0.05, 0.1) is 17.9 Å². The third-order valence-corrected chi connectivity index (χ3v) is 5.84. The van der Waals surface area contributed by atoms with E-state index >= 15 is 0 Å². The molecule has 0 unspecified atom stereocenters. The summed E-state index contributed by atoms with van der Waals surface area (Å²) in [5, 5.41) is 12.1. The summed E-state index contributed by atoms with van der Waals surface area (Å²) in [5.74, 6) is 0.794. The van der Waals surface area contributed by atoms with Crippen LogP contribution in [-0.2, 0) is 16.1 Å². The number of thioether (sulfide) groups is 1. The van der Waals surface area contributed by atoms with Gasteiger partial charge in [-0.05, 0) is 42.7 Å². The Morgan fingerprint density at radius 3 is 2.42 bits per heavy atom. The topological polar surface area (TPSA) is 86.1 Å². The van der Waals surface area contributed by atoms with Crippen LogP contribution in [0.1, 0.15) is 42.6 Å². The average molecular weight is 465 g/mol. The standard InChI is InChI=1S/C25H28N4O3S/c1-5-15-29-23(19-9-7-18(8-10-19)17(3)4)27-28-25(29)33-16-22(30)26-21-13-11-20(12-14-21)24(31)32-6-2/h5,7-14,17H,1,6,15-16H2,2-4H3,(H,26,30). The lowest BCUT2D eigenvalue weighted by Crippen LogP contribution is -2.15. The van der Waals surface area contributed by atoms with Crippen LogP contribution in [-0.4, -0.2) is 39.0 Å². The van der Waals surface area contributed by atoms with Gasteiger partial charge in [-0.1, -0.05) is 56.0 Å². The number of nitrogens with one attached hydrogen (secondary N) is 1. The average Bonchev–Trinajstić information content (AvgIpc) is 3.21. The number of aromatic nitrogens is 3. The van der Waals surface area contributed by atoms with Crippen molar-refractivity contribution in [2.45, 2.75) is 38.4 Å². The number of allylic oxidation sites excluding steroid dienone is 1. The van der Waals surface area contributed by atoms with Crippen molar-refractivity contribution in [1.82, 2.24) is 14.8 Å². The van der Waals surface area contributed by atoms with E-state index in [1.807, 2.05) is 16.7 Å². The number of amides is 1. The van der Waals surface area contributed by atoms with Crippen LogP contribution in [0.3, 0.4) is 0 Å². The summed E-state index contributed by atoms with van der Waals surface area (Å²) in [6.45, 7) is 10.8. The second kappa shape index (κ2) is 11.5. The van der Waals surface area contributed by atoms with Crippen molar-refractivity contribution in [1.29, 1.82) is 0 Å². The predicted molar refractivity (Wildman–Crippen MR) is 131 cm³/mol. The number of nitrogens with zero attached hydrogens (tertiary/aromatic N) is 3. The van der Waals surface area contributed by atoms with Gasteiger partial charge >= 0.3 is 5.97 Å². The van der Waals surface area contributed by atoms with E-state index in [4.69, 9.17) is 4.74 Å². The number of anilines is 1. The van der Waals surface area contributed by atoms with Gasteiger partial charge in [-0.15, -0.1) is 16.8 Å². The Kier molecular flexibility index (Phi) is 8.43. The van der Waals surface area contributed by atoms with E-state index in [-0.39, 0.29) is 17.6 Å². The highest BCUT2D eigenvalue weighted by molar-refractivity contribution is 7.99. The largest absolute Gasteiger partial charge is 0.462 e. The molecule has 0 saturated carbocycles. The Labute approximate surface area is 198 Å². The molecule has 1 aromatic heterocycles. The Balaban J connectivity index is 1.65. The number of carbonyl (C=O) groups excluding carboxylic acids is 2. The highest BCUT2D eigenvalue weighted by Gasteiger charge is 2.15. The summed E-state index contributed by atoms with van der Waals surface area (Å²) < 4.78 is 6.91. The number of hydrogen-bond donors (Lipinski definition) is 1. The number of ether oxygens (including phenoxy) is 1. The SMILES string of the molecule is C=CCn1c(SCC(=O)Nc2ccc(C(=O)OCC)cc2)nnc1-c1ccc(C(C)C)cc1. The zero-order valence-corrected chi connectivity index (χ0v) is 19.9. The molecule has 0 bridgehead atoms. The molecule has 0 aliphatic carbocycles. The second-order valence-corrected chi connectivity index (χ2v) is 8.56. The van der Waals surface area contributed by atoms with E-state index in [1.54, 1.807) is 37.3 Å². The van der Waals surface area contributed by atoms with Gasteiger partial charge in [0, 0.05) is 17.8 Å². The summed E-state index contributed by atoms with van der Waals surface area (Å²) in [5.41, 5.74) is 3.27. The van der Waals surface area contributed by atoms with Gasteiger partial charge in [-0.2, -0.15) is 0 Å². The third-order valence-electron chi connectivity index (χ3n) is 4.88. The van der Waals surface area contributed by atoms with Gasteiger partial charge in [0.2, 0.25) is 5.91 Å². The smallest absolute Gasteiger partial charge is 0.338 e. The fourth-order valence-electron chi connectivity index (χ4n) is 3.15. The lowest BCUT2D eigenvalue weighted by Gasteiger charge is -2.10. The van der Waals surface area contributed by atoms with Gasteiger partial charge in [-0.25, -0.2) is 4.79 Å². The molecule has 172 valence electrons. The first kappa shape index (κ1) is 24.3. The van der Waals surface area contributed by atoms with E-state index in [2.05, 4.69) is 48.1 Å². The Morgan fingerprint density at radius 2 is 1.82 bits per heavy atom. The molecular weight excluding hydrogens is 436 g/mol. The zero-order chi connectivity index (χ0) is 23.8. The quantitative estimate of drug-likeness (QED) is 0.253. The van der Waals surface area contributed by atoms with Crippen molar-refractivity contribution in [3.8, 4) is 11.4 Å². The van der Waals surface area contributed by atoms with Crippen LogP contribution in [0, 0.1) is 0 Å². The molecule has 1 heterocycles. The minimum Gasteiger partial charge on any atom is -0.462 e. The van der Waals surface area contributed by atoms with Crippen LogP contribution in [0.2, 0.25) is 0 Å². The number of rotatable bonds is 10. The molecule has 0 aliphatic rings. The fourth-order valence-corrected chi connectivity index (χ4v) is 3.90. The molecule has 0 atom stereocenters. The molecule has 8 heteroatoms. The van der Waals surface area contributed by atoms with E-state index in [0.29, 0.717) is 35.5 Å². The van der Waals surface area contributed by atoms with E-state index < -0.39 is 0 Å². The molecule has 0 aliphatic heterocycles. The molecule has 1 amide bonds. The van der Waals surface area contributed by atoms with Gasteiger partial charge in [0.15, 0.2) is 11.0 Å². The second-order valence-electron chi connectivity index (χ2n) is 7.62. The number of carbonyl (C=O) groups is 2. The third kappa shape index (κ3) is 6.32. The molecule has 1 N–H and O–H groups in total. The predicted octanol–water partition coefficient (Wildman–Crippen LogP) is 5.16. The summed E-state index contributed by atoms with van der Waals surface area (Å²) >= 11 is 1.31. The van der Waals surface area contributed by atoms with E-state index in [1.165, 1.54) is 17.3 Å². The van der Waals surface area contributed by atoms with Crippen molar-refractivity contribution in [2.75, 3.05) is 17.7 Å². The molecule has 3 aromatic rings. The van der Waals surface area contributed by atoms with Gasteiger partial charge in [-0.3, -0.25) is 9.36 Å². The zero-order valence-electron chi connectivity index (χ0n) is 19.1. The van der Waals surface area contributed by atoms with Crippen molar-refractivity contribution in [3.05, 3.63) is 72.3 Å². The highest BCUT2D eigenvalue weighted by atomic mass is 32.2. The first-order chi connectivity index (χ1) is 15.9. The Hall–Kier alpha value is -3.39. The van der Waals surface area contributed by atoms with Crippen LogP contribution in [0.4, 0.5) is 5.69 Å². The van der Waals surface area contributed by atoms with E-state index in [9.17, 15) is 9.59 Å². The molecule has 0 fully saturated rings. The van der Waals surface area contributed by atoms with Crippen LogP contribution >= 0.6 is 11.8 Å².